The molecule has 264 valence electrons. The van der Waals surface area contributed by atoms with Crippen LogP contribution in [0.15, 0.2) is 18.2 Å². The lowest BCUT2D eigenvalue weighted by Gasteiger charge is -2.39. The molecule has 4 atom stereocenters. The number of alkyl halides is 2. The lowest BCUT2D eigenvalue weighted by atomic mass is 9.79. The van der Waals surface area contributed by atoms with Gasteiger partial charge >= 0.3 is 0 Å². The number of benzene rings is 1. The molecule has 1 aromatic carbocycles. The van der Waals surface area contributed by atoms with Gasteiger partial charge < -0.3 is 23.9 Å². The van der Waals surface area contributed by atoms with E-state index >= 15 is 0 Å². The van der Waals surface area contributed by atoms with E-state index in [-0.39, 0.29) is 54.7 Å². The second-order valence-electron chi connectivity index (χ2n) is 17.0. The van der Waals surface area contributed by atoms with Gasteiger partial charge in [0.2, 0.25) is 11.8 Å². The van der Waals surface area contributed by atoms with Crippen LogP contribution in [-0.4, -0.2) is 57.6 Å². The van der Waals surface area contributed by atoms with Gasteiger partial charge in [-0.15, -0.1) is 4.72 Å². The number of nitrogens with zero attached hydrogens (tertiary/aromatic N) is 2. The monoisotopic (exact) mass is 694 g/mol. The van der Waals surface area contributed by atoms with E-state index in [9.17, 15) is 18.1 Å². The number of hydrogen-bond acceptors (Lipinski definition) is 6. The van der Waals surface area contributed by atoms with Crippen molar-refractivity contribution in [2.45, 2.75) is 140 Å². The molecule has 12 heteroatoms. The first-order valence-corrected chi connectivity index (χ1v) is 22.2. The van der Waals surface area contributed by atoms with E-state index in [1.165, 1.54) is 0 Å². The molecule has 1 amide bonds. The number of carbonyl (C=O) groups is 1. The summed E-state index contributed by atoms with van der Waals surface area (Å²) in [5.74, 6) is -1.81. The molecule has 47 heavy (non-hydrogen) atoms. The smallest absolute Gasteiger partial charge is 0.248 e. The van der Waals surface area contributed by atoms with Gasteiger partial charge in [0.15, 0.2) is 0 Å². The fourth-order valence-electron chi connectivity index (χ4n) is 6.81. The van der Waals surface area contributed by atoms with Crippen LogP contribution in [0.3, 0.4) is 0 Å². The molecule has 5 rings (SSSR count). The first kappa shape index (κ1) is 36.7. The van der Waals surface area contributed by atoms with E-state index in [0.29, 0.717) is 25.9 Å². The van der Waals surface area contributed by atoms with E-state index in [4.69, 9.17) is 14.5 Å². The number of aromatic nitrogens is 2. The maximum absolute atomic E-state index is 13.6. The number of ether oxygens (including phenoxy) is 2. The quantitative estimate of drug-likeness (QED) is 0.120. The third-order valence-electron chi connectivity index (χ3n) is 9.71. The fraction of sp³-hybridized carbons (Fsp3) is 0.771. The molecule has 0 spiro atoms. The maximum atomic E-state index is 13.6. The van der Waals surface area contributed by atoms with Crippen LogP contribution in [0, 0.1) is 17.8 Å². The molecule has 8 nitrogen and oxygen atoms in total. The van der Waals surface area contributed by atoms with Gasteiger partial charge in [-0.05, 0) is 102 Å². The molecule has 1 unspecified atom stereocenters. The lowest BCUT2D eigenvalue weighted by molar-refractivity contribution is -0.134. The van der Waals surface area contributed by atoms with Crippen LogP contribution in [0.5, 0.6) is 0 Å². The van der Waals surface area contributed by atoms with Crippen LogP contribution in [-0.2, 0) is 32.4 Å². The Kier molecular flexibility index (Phi) is 10.9. The van der Waals surface area contributed by atoms with Crippen LogP contribution in [0.2, 0.25) is 25.7 Å². The van der Waals surface area contributed by atoms with E-state index in [1.807, 2.05) is 20.8 Å². The van der Waals surface area contributed by atoms with Crippen molar-refractivity contribution >= 4 is 36.4 Å². The molecule has 2 aliphatic carbocycles. The molecule has 2 heterocycles. The summed E-state index contributed by atoms with van der Waals surface area (Å²) in [5, 5.41) is 3.18. The molecule has 2 N–H and O–H groups in total. The molecular weight excluding hydrogens is 639 g/mol. The maximum Gasteiger partial charge on any atom is 0.248 e. The lowest BCUT2D eigenvalue weighted by Crippen LogP contribution is -2.47. The normalized spacial score (nSPS) is 23.7. The summed E-state index contributed by atoms with van der Waals surface area (Å²) in [5.41, 5.74) is 2.38. The van der Waals surface area contributed by atoms with Gasteiger partial charge in [-0.1, -0.05) is 25.7 Å². The first-order valence-electron chi connectivity index (χ1n) is 17.4. The molecule has 1 aromatic heterocycles. The number of imidazole rings is 1. The van der Waals surface area contributed by atoms with Crippen LogP contribution in [0.4, 0.5) is 8.78 Å². The summed E-state index contributed by atoms with van der Waals surface area (Å²) < 4.78 is 58.0. The highest BCUT2D eigenvalue weighted by atomic mass is 32.2. The molecule has 1 saturated heterocycles. The van der Waals surface area contributed by atoms with Crippen molar-refractivity contribution in [1.29, 1.82) is 0 Å². The Morgan fingerprint density at radius 2 is 1.85 bits per heavy atom. The Labute approximate surface area is 283 Å². The molecular formula is C35H56F2N4O4SSi. The van der Waals surface area contributed by atoms with Gasteiger partial charge in [-0.25, -0.2) is 13.8 Å². The number of rotatable bonds is 14. The van der Waals surface area contributed by atoms with Crippen LogP contribution >= 0.6 is 0 Å². The van der Waals surface area contributed by atoms with Crippen molar-refractivity contribution in [3.8, 4) is 0 Å². The Bertz CT molecular complexity index is 1400. The van der Waals surface area contributed by atoms with Gasteiger partial charge in [0, 0.05) is 51.9 Å². The van der Waals surface area contributed by atoms with E-state index < -0.39 is 30.1 Å². The second-order valence-corrected chi connectivity index (χ2v) is 24.7. The van der Waals surface area contributed by atoms with Crippen molar-refractivity contribution in [1.82, 2.24) is 19.6 Å². The molecule has 0 radical (unpaired) electrons. The van der Waals surface area contributed by atoms with E-state index in [1.54, 1.807) is 0 Å². The molecule has 1 aliphatic heterocycles. The summed E-state index contributed by atoms with van der Waals surface area (Å²) in [6.45, 7) is 18.7. The van der Waals surface area contributed by atoms with Crippen molar-refractivity contribution in [3.05, 3.63) is 29.6 Å². The summed E-state index contributed by atoms with van der Waals surface area (Å²) in [4.78, 5) is 18.2. The highest BCUT2D eigenvalue weighted by Crippen LogP contribution is 2.45. The number of carbonyl (C=O) groups excluding carboxylic acids is 1. The standard InChI is InChI=1S/C35H56F2N4O4SSi/c1-33(2,3)46(43)40-31(26-13-14-45-34(4,5)21-26)32-38-27-18-25(11-12-28(27)41(32)22-44-15-16-47(6,7)8)30(24-9-10-24)39-29(42)17-23-19-35(36,37)20-23/h11-12,18,23-24,26,30-31,40H,9-10,13-17,19-22H2,1-8H3,(H,39,42)/t26?,30-,31+,46-/m1/s1. The van der Waals surface area contributed by atoms with Crippen LogP contribution in [0.25, 0.3) is 11.0 Å². The van der Waals surface area contributed by atoms with Crippen molar-refractivity contribution in [2.24, 2.45) is 17.8 Å². The zero-order valence-corrected chi connectivity index (χ0v) is 31.4. The summed E-state index contributed by atoms with van der Waals surface area (Å²) in [6, 6.07) is 6.74. The fourth-order valence-corrected chi connectivity index (χ4v) is 8.45. The third kappa shape index (κ3) is 9.78. The average Bonchev–Trinajstić information content (AvgIpc) is 3.71. The molecule has 2 aromatic rings. The van der Waals surface area contributed by atoms with Crippen molar-refractivity contribution in [3.63, 3.8) is 0 Å². The zero-order chi connectivity index (χ0) is 34.4. The Hall–Kier alpha value is -1.57. The third-order valence-corrected chi connectivity index (χ3v) is 13.0. The topological polar surface area (TPSA) is 100 Å². The largest absolute Gasteiger partial charge is 0.598 e. The van der Waals surface area contributed by atoms with Crippen LogP contribution < -0.4 is 10.0 Å². The Balaban J connectivity index is 1.48. The highest BCUT2D eigenvalue weighted by Gasteiger charge is 2.46. The zero-order valence-electron chi connectivity index (χ0n) is 29.6. The number of nitrogens with one attached hydrogen (secondary N) is 2. The minimum atomic E-state index is -2.63. The number of halogens is 2. The van der Waals surface area contributed by atoms with Gasteiger partial charge in [0.1, 0.15) is 23.3 Å². The predicted molar refractivity (Wildman–Crippen MR) is 186 cm³/mol. The summed E-state index contributed by atoms with van der Waals surface area (Å²) in [6.07, 6.45) is 3.35. The van der Waals surface area contributed by atoms with E-state index in [2.05, 4.69) is 66.3 Å². The number of fused-ring (bicyclic) bond motifs is 1. The SMILES string of the molecule is CC1(C)CC([C@H](N[S@+]([O-])C(C)(C)C)c2nc3cc([C@H](NC(=O)CC4CC(F)(F)C4)C4CC4)ccc3n2COCC[Si](C)(C)C)CCO1. The van der Waals surface area contributed by atoms with Gasteiger partial charge in [0.05, 0.1) is 22.7 Å². The van der Waals surface area contributed by atoms with Gasteiger partial charge in [0.25, 0.3) is 0 Å². The van der Waals surface area contributed by atoms with E-state index in [0.717, 1.165) is 54.1 Å². The predicted octanol–water partition coefficient (Wildman–Crippen LogP) is 7.65. The van der Waals surface area contributed by atoms with Crippen molar-refractivity contribution in [2.75, 3.05) is 13.2 Å². The van der Waals surface area contributed by atoms with Gasteiger partial charge in [-0.2, -0.15) is 0 Å². The second kappa shape index (κ2) is 14.0. The van der Waals surface area contributed by atoms with Crippen LogP contribution in [0.1, 0.15) is 103 Å². The first-order chi connectivity index (χ1) is 21.8. The Morgan fingerprint density at radius 3 is 2.45 bits per heavy atom. The molecule has 3 aliphatic rings. The molecule has 3 fully saturated rings. The van der Waals surface area contributed by atoms with Gasteiger partial charge in [-0.3, -0.25) is 4.79 Å². The van der Waals surface area contributed by atoms with Crippen molar-refractivity contribution < 1.29 is 27.6 Å². The average molecular weight is 695 g/mol. The highest BCUT2D eigenvalue weighted by molar-refractivity contribution is 7.90. The molecule has 0 bridgehead atoms. The minimum absolute atomic E-state index is 0.133. The molecule has 2 saturated carbocycles. The Morgan fingerprint density at radius 1 is 1.15 bits per heavy atom. The number of amides is 1. The number of hydrogen-bond donors (Lipinski definition) is 2. The summed E-state index contributed by atoms with van der Waals surface area (Å²) >= 11 is -1.34. The minimum Gasteiger partial charge on any atom is -0.598 e. The summed E-state index contributed by atoms with van der Waals surface area (Å²) in [7, 11) is -1.30.